The second-order valence-electron chi connectivity index (χ2n) is 7.25. The molecule has 3 heterocycles. The fraction of sp³-hybridized carbons (Fsp3) is 0.619. The van der Waals surface area contributed by atoms with Gasteiger partial charge in [0.15, 0.2) is 5.96 Å². The summed E-state index contributed by atoms with van der Waals surface area (Å²) in [6.45, 7) is 10.2. The summed E-state index contributed by atoms with van der Waals surface area (Å²) in [6, 6.07) is 4.82. The van der Waals surface area contributed by atoms with E-state index < -0.39 is 0 Å². The molecule has 0 aliphatic carbocycles. The van der Waals surface area contributed by atoms with Gasteiger partial charge in [-0.3, -0.25) is 4.68 Å². The van der Waals surface area contributed by atoms with Crippen LogP contribution in [0.4, 0.5) is 5.00 Å². The minimum Gasteiger partial charge on any atom is -0.363 e. The minimum absolute atomic E-state index is 0.471. The van der Waals surface area contributed by atoms with Gasteiger partial charge in [-0.15, -0.1) is 11.3 Å². The number of anilines is 1. The van der Waals surface area contributed by atoms with Crippen LogP contribution in [0.2, 0.25) is 0 Å². The van der Waals surface area contributed by atoms with Gasteiger partial charge in [0.25, 0.3) is 0 Å². The average molecular weight is 403 g/mol. The Kier molecular flexibility index (Phi) is 7.36. The van der Waals surface area contributed by atoms with E-state index in [4.69, 9.17) is 4.99 Å². The van der Waals surface area contributed by atoms with Crippen molar-refractivity contribution in [2.45, 2.75) is 59.0 Å². The van der Waals surface area contributed by atoms with Crippen LogP contribution in [0.3, 0.4) is 0 Å². The third-order valence-electron chi connectivity index (χ3n) is 5.42. The van der Waals surface area contributed by atoms with Crippen LogP contribution in [0.25, 0.3) is 0 Å². The maximum absolute atomic E-state index is 4.91. The third kappa shape index (κ3) is 4.87. The molecule has 1 saturated heterocycles. The summed E-state index contributed by atoms with van der Waals surface area (Å²) in [6.07, 6.45) is 4.20. The Morgan fingerprint density at radius 3 is 2.64 bits per heavy atom. The Morgan fingerprint density at radius 1 is 1.25 bits per heavy atom. The Balaban J connectivity index is 1.62. The van der Waals surface area contributed by atoms with Crippen molar-refractivity contribution < 1.29 is 0 Å². The Morgan fingerprint density at radius 2 is 2.04 bits per heavy atom. The molecule has 3 rings (SSSR count). The molecule has 2 N–H and O–H groups in total. The first-order chi connectivity index (χ1) is 13.7. The van der Waals surface area contributed by atoms with E-state index in [-0.39, 0.29) is 0 Å². The molecule has 2 aromatic heterocycles. The highest BCUT2D eigenvalue weighted by molar-refractivity contribution is 7.14. The van der Waals surface area contributed by atoms with Crippen LogP contribution < -0.4 is 15.5 Å². The molecule has 6 nitrogen and oxygen atoms in total. The second kappa shape index (κ2) is 9.96. The summed E-state index contributed by atoms with van der Waals surface area (Å²) in [4.78, 5) is 7.40. The van der Waals surface area contributed by atoms with Crippen molar-refractivity contribution in [3.63, 3.8) is 0 Å². The molecule has 1 aliphatic heterocycles. The standard InChI is InChI=1S/C21H34N6S/c1-5-18-17(19(6-2)26(4)25-18)15-23-21(22-7-3)24-16-10-12-27(13-11-16)20-9-8-14-28-20/h8-9,14,16H,5-7,10-13,15H2,1-4H3,(H2,22,23,24). The summed E-state index contributed by atoms with van der Waals surface area (Å²) in [7, 11) is 2.04. The average Bonchev–Trinajstić information content (AvgIpc) is 3.34. The largest absolute Gasteiger partial charge is 0.363 e. The first kappa shape index (κ1) is 20.7. The molecule has 1 fully saturated rings. The molecular weight excluding hydrogens is 368 g/mol. The van der Waals surface area contributed by atoms with Crippen LogP contribution in [0, 0.1) is 0 Å². The van der Waals surface area contributed by atoms with Crippen molar-refractivity contribution in [1.82, 2.24) is 20.4 Å². The molecule has 0 aromatic carbocycles. The van der Waals surface area contributed by atoms with E-state index in [1.807, 2.05) is 23.1 Å². The molecule has 154 valence electrons. The van der Waals surface area contributed by atoms with Gasteiger partial charge in [-0.05, 0) is 50.1 Å². The van der Waals surface area contributed by atoms with Crippen molar-refractivity contribution in [2.24, 2.45) is 12.0 Å². The number of rotatable bonds is 7. The van der Waals surface area contributed by atoms with E-state index in [0.29, 0.717) is 12.6 Å². The third-order valence-corrected chi connectivity index (χ3v) is 6.35. The highest BCUT2D eigenvalue weighted by Gasteiger charge is 2.21. The summed E-state index contributed by atoms with van der Waals surface area (Å²) in [5.74, 6) is 0.921. The van der Waals surface area contributed by atoms with Crippen LogP contribution in [-0.4, -0.2) is 41.4 Å². The van der Waals surface area contributed by atoms with E-state index in [1.165, 1.54) is 22.0 Å². The number of guanidine groups is 1. The van der Waals surface area contributed by atoms with E-state index in [1.54, 1.807) is 0 Å². The molecule has 0 radical (unpaired) electrons. The zero-order chi connectivity index (χ0) is 19.9. The molecule has 0 amide bonds. The zero-order valence-corrected chi connectivity index (χ0v) is 18.5. The van der Waals surface area contributed by atoms with E-state index in [9.17, 15) is 0 Å². The molecule has 0 atom stereocenters. The Bertz CT molecular complexity index is 756. The first-order valence-electron chi connectivity index (χ1n) is 10.5. The summed E-state index contributed by atoms with van der Waals surface area (Å²) in [5.41, 5.74) is 3.75. The van der Waals surface area contributed by atoms with Crippen LogP contribution in [-0.2, 0) is 26.4 Å². The predicted molar refractivity (Wildman–Crippen MR) is 119 cm³/mol. The Hall–Kier alpha value is -2.02. The first-order valence-corrected chi connectivity index (χ1v) is 11.4. The van der Waals surface area contributed by atoms with Crippen molar-refractivity contribution in [3.05, 3.63) is 34.5 Å². The Labute approximate surface area is 173 Å². The smallest absolute Gasteiger partial charge is 0.191 e. The number of aliphatic imine (C=N–C) groups is 1. The summed E-state index contributed by atoms with van der Waals surface area (Å²) >= 11 is 1.83. The van der Waals surface area contributed by atoms with Crippen molar-refractivity contribution in [1.29, 1.82) is 0 Å². The number of aromatic nitrogens is 2. The van der Waals surface area contributed by atoms with E-state index in [0.717, 1.165) is 51.3 Å². The zero-order valence-electron chi connectivity index (χ0n) is 17.7. The summed E-state index contributed by atoms with van der Waals surface area (Å²) < 4.78 is 2.02. The number of thiophene rings is 1. The molecule has 0 saturated carbocycles. The molecule has 7 heteroatoms. The summed E-state index contributed by atoms with van der Waals surface area (Å²) in [5, 5.41) is 15.3. The molecule has 28 heavy (non-hydrogen) atoms. The number of nitrogens with zero attached hydrogens (tertiary/aromatic N) is 4. The molecule has 2 aromatic rings. The quantitative estimate of drug-likeness (QED) is 0.551. The number of hydrogen-bond acceptors (Lipinski definition) is 4. The number of aryl methyl sites for hydroxylation is 2. The highest BCUT2D eigenvalue weighted by atomic mass is 32.1. The highest BCUT2D eigenvalue weighted by Crippen LogP contribution is 2.24. The topological polar surface area (TPSA) is 57.5 Å². The van der Waals surface area contributed by atoms with Crippen molar-refractivity contribution >= 4 is 22.3 Å². The number of hydrogen-bond donors (Lipinski definition) is 2. The molecule has 0 unspecified atom stereocenters. The van der Waals surface area contributed by atoms with Crippen molar-refractivity contribution in [2.75, 3.05) is 24.5 Å². The monoisotopic (exact) mass is 402 g/mol. The lowest BCUT2D eigenvalue weighted by Crippen LogP contribution is -2.48. The fourth-order valence-electron chi connectivity index (χ4n) is 3.94. The van der Waals surface area contributed by atoms with Crippen LogP contribution in [0.5, 0.6) is 0 Å². The molecule has 0 spiro atoms. The fourth-order valence-corrected chi connectivity index (χ4v) is 4.72. The van der Waals surface area contributed by atoms with Gasteiger partial charge in [0.1, 0.15) is 0 Å². The second-order valence-corrected chi connectivity index (χ2v) is 8.18. The van der Waals surface area contributed by atoms with Gasteiger partial charge in [-0.25, -0.2) is 4.99 Å². The normalized spacial score (nSPS) is 15.9. The maximum atomic E-state index is 4.91. The lowest BCUT2D eigenvalue weighted by Gasteiger charge is -2.33. The van der Waals surface area contributed by atoms with Crippen LogP contribution in [0.15, 0.2) is 22.5 Å². The van der Waals surface area contributed by atoms with E-state index >= 15 is 0 Å². The lowest BCUT2D eigenvalue weighted by atomic mass is 10.1. The molecule has 1 aliphatic rings. The minimum atomic E-state index is 0.471. The van der Waals surface area contributed by atoms with Gasteiger partial charge in [0.2, 0.25) is 0 Å². The van der Waals surface area contributed by atoms with Crippen molar-refractivity contribution in [3.8, 4) is 0 Å². The SMILES string of the molecule is CCNC(=NCc1c(CC)nn(C)c1CC)NC1CCN(c2cccs2)CC1. The molecule has 0 bridgehead atoms. The van der Waals surface area contributed by atoms with Gasteiger partial charge < -0.3 is 15.5 Å². The van der Waals surface area contributed by atoms with Crippen LogP contribution >= 0.6 is 11.3 Å². The van der Waals surface area contributed by atoms with E-state index in [2.05, 4.69) is 58.9 Å². The van der Waals surface area contributed by atoms with Gasteiger partial charge >= 0.3 is 0 Å². The van der Waals surface area contributed by atoms with Crippen LogP contribution in [0.1, 0.15) is 50.6 Å². The maximum Gasteiger partial charge on any atom is 0.191 e. The number of piperidine rings is 1. The number of nitrogens with one attached hydrogen (secondary N) is 2. The van der Waals surface area contributed by atoms with Gasteiger partial charge in [0.05, 0.1) is 17.2 Å². The lowest BCUT2D eigenvalue weighted by molar-refractivity contribution is 0.463. The van der Waals surface area contributed by atoms with Gasteiger partial charge in [0, 0.05) is 44.0 Å². The van der Waals surface area contributed by atoms with Gasteiger partial charge in [-0.1, -0.05) is 13.8 Å². The van der Waals surface area contributed by atoms with Gasteiger partial charge in [-0.2, -0.15) is 5.10 Å². The predicted octanol–water partition coefficient (Wildman–Crippen LogP) is 3.33. The molecular formula is C21H34N6S.